The van der Waals surface area contributed by atoms with Crippen LogP contribution in [0.3, 0.4) is 0 Å². The van der Waals surface area contributed by atoms with Gasteiger partial charge in [-0.3, -0.25) is 0 Å². The highest BCUT2D eigenvalue weighted by atomic mass is 79.9. The van der Waals surface area contributed by atoms with Gasteiger partial charge in [-0.15, -0.1) is 15.0 Å². The predicted octanol–water partition coefficient (Wildman–Crippen LogP) is 1.74. The van der Waals surface area contributed by atoms with Crippen molar-refractivity contribution < 1.29 is 5.11 Å². The number of nitrogens with zero attached hydrogens (tertiary/aromatic N) is 3. The van der Waals surface area contributed by atoms with Gasteiger partial charge in [-0.1, -0.05) is 18.2 Å². The normalized spacial score (nSPS) is 10.2. The Morgan fingerprint density at radius 1 is 1.15 bits per heavy atom. The molecule has 0 saturated heterocycles. The second-order valence-corrected chi connectivity index (χ2v) is 3.19. The van der Waals surface area contributed by atoms with Crippen LogP contribution < -0.4 is 0 Å². The molecule has 1 heterocycles. The summed E-state index contributed by atoms with van der Waals surface area (Å²) in [6.45, 7) is 0. The highest BCUT2D eigenvalue weighted by molar-refractivity contribution is 9.10. The van der Waals surface area contributed by atoms with Gasteiger partial charge in [0.25, 0.3) is 5.88 Å². The van der Waals surface area contributed by atoms with Gasteiger partial charge in [0, 0.05) is 0 Å². The quantitative estimate of drug-likeness (QED) is 0.825. The molecule has 0 fully saturated rings. The van der Waals surface area contributed by atoms with Crippen LogP contribution in [-0.4, -0.2) is 20.1 Å². The van der Waals surface area contributed by atoms with E-state index < -0.39 is 0 Å². The van der Waals surface area contributed by atoms with Crippen molar-refractivity contribution in [2.45, 2.75) is 0 Å². The molecular weight excluding hydrogens is 234 g/mol. The minimum absolute atomic E-state index is 0.108. The number of aromatic nitrogens is 3. The molecule has 0 aliphatic heterocycles. The molecule has 0 atom stereocenters. The third kappa shape index (κ3) is 1.55. The highest BCUT2D eigenvalue weighted by Gasteiger charge is 2.06. The summed E-state index contributed by atoms with van der Waals surface area (Å²) < 4.78 is 0.344. The average molecular weight is 240 g/mol. The van der Waals surface area contributed by atoms with Crippen molar-refractivity contribution in [3.05, 3.63) is 34.9 Å². The third-order valence-corrected chi connectivity index (χ3v) is 2.06. The number of rotatable bonds is 1. The molecule has 5 heteroatoms. The van der Waals surface area contributed by atoms with Crippen molar-refractivity contribution in [2.24, 2.45) is 0 Å². The van der Waals surface area contributed by atoms with E-state index in [1.54, 1.807) is 0 Å². The number of benzene rings is 1. The minimum atomic E-state index is -0.108. The zero-order valence-electron chi connectivity index (χ0n) is 6.55. The van der Waals surface area contributed by atoms with Gasteiger partial charge in [0.1, 0.15) is 0 Å². The molecule has 0 spiro atoms. The summed E-state index contributed by atoms with van der Waals surface area (Å²) in [5.74, 6) is -0.108. The van der Waals surface area contributed by atoms with Gasteiger partial charge >= 0.3 is 0 Å². The molecule has 0 aliphatic carbocycles. The molecule has 0 unspecified atom stereocenters. The monoisotopic (exact) mass is 239 g/mol. The lowest BCUT2D eigenvalue weighted by Crippen LogP contribution is -1.97. The van der Waals surface area contributed by atoms with Crippen LogP contribution in [-0.2, 0) is 0 Å². The lowest BCUT2D eigenvalue weighted by molar-refractivity contribution is 0.445. The van der Waals surface area contributed by atoms with E-state index in [1.165, 1.54) is 4.80 Å². The van der Waals surface area contributed by atoms with E-state index in [0.717, 1.165) is 5.69 Å². The third-order valence-electron chi connectivity index (χ3n) is 1.54. The Balaban J connectivity index is 2.48. The fourth-order valence-electron chi connectivity index (χ4n) is 0.958. The number of hydrogen-bond acceptors (Lipinski definition) is 3. The molecule has 2 rings (SSSR count). The van der Waals surface area contributed by atoms with Gasteiger partial charge in [-0.2, -0.15) is 0 Å². The van der Waals surface area contributed by atoms with Gasteiger partial charge in [0.05, 0.1) is 5.69 Å². The van der Waals surface area contributed by atoms with Crippen molar-refractivity contribution in [2.75, 3.05) is 0 Å². The summed E-state index contributed by atoms with van der Waals surface area (Å²) in [4.78, 5) is 1.36. The van der Waals surface area contributed by atoms with Crippen molar-refractivity contribution in [1.82, 2.24) is 15.0 Å². The zero-order chi connectivity index (χ0) is 9.26. The largest absolute Gasteiger partial charge is 0.490 e. The van der Waals surface area contributed by atoms with Gasteiger partial charge < -0.3 is 5.11 Å². The van der Waals surface area contributed by atoms with Crippen molar-refractivity contribution in [1.29, 1.82) is 0 Å². The van der Waals surface area contributed by atoms with E-state index in [1.807, 2.05) is 30.3 Å². The fourth-order valence-corrected chi connectivity index (χ4v) is 1.19. The molecule has 0 bridgehead atoms. The Morgan fingerprint density at radius 3 is 2.38 bits per heavy atom. The predicted molar refractivity (Wildman–Crippen MR) is 50.7 cm³/mol. The van der Waals surface area contributed by atoms with Crippen LogP contribution in [0.2, 0.25) is 0 Å². The maximum atomic E-state index is 9.16. The van der Waals surface area contributed by atoms with Crippen LogP contribution in [0.25, 0.3) is 5.69 Å². The van der Waals surface area contributed by atoms with E-state index in [2.05, 4.69) is 26.1 Å². The molecule has 13 heavy (non-hydrogen) atoms. The van der Waals surface area contributed by atoms with Crippen molar-refractivity contribution in [3.63, 3.8) is 0 Å². The van der Waals surface area contributed by atoms with Gasteiger partial charge in [-0.25, -0.2) is 0 Å². The van der Waals surface area contributed by atoms with Crippen molar-refractivity contribution in [3.8, 4) is 11.6 Å². The van der Waals surface area contributed by atoms with Crippen molar-refractivity contribution >= 4 is 15.9 Å². The second-order valence-electron chi connectivity index (χ2n) is 2.44. The molecule has 1 N–H and O–H groups in total. The number of aromatic hydroxyl groups is 1. The van der Waals surface area contributed by atoms with Crippen LogP contribution in [0, 0.1) is 0 Å². The van der Waals surface area contributed by atoms with Gasteiger partial charge in [-0.05, 0) is 28.1 Å². The Hall–Kier alpha value is -1.36. The Kier molecular flexibility index (Phi) is 2.02. The molecular formula is C8H6BrN3O. The molecule has 0 saturated carbocycles. The Labute approximate surface area is 82.9 Å². The van der Waals surface area contributed by atoms with Crippen LogP contribution in [0.5, 0.6) is 5.88 Å². The minimum Gasteiger partial charge on any atom is -0.490 e. The summed E-state index contributed by atoms with van der Waals surface area (Å²) in [5, 5.41) is 16.9. The van der Waals surface area contributed by atoms with E-state index in [9.17, 15) is 0 Å². The summed E-state index contributed by atoms with van der Waals surface area (Å²) in [5.41, 5.74) is 0.809. The maximum absolute atomic E-state index is 9.16. The van der Waals surface area contributed by atoms with E-state index >= 15 is 0 Å². The Bertz CT molecular complexity index is 393. The zero-order valence-corrected chi connectivity index (χ0v) is 8.14. The first-order chi connectivity index (χ1) is 6.27. The molecule has 1 aromatic carbocycles. The molecule has 4 nitrogen and oxygen atoms in total. The molecule has 2 aromatic rings. The number of halogens is 1. The van der Waals surface area contributed by atoms with Gasteiger partial charge in [0.2, 0.25) is 0 Å². The topological polar surface area (TPSA) is 50.9 Å². The highest BCUT2D eigenvalue weighted by Crippen LogP contribution is 2.18. The molecule has 66 valence electrons. The van der Waals surface area contributed by atoms with Gasteiger partial charge in [0.15, 0.2) is 4.60 Å². The summed E-state index contributed by atoms with van der Waals surface area (Å²) >= 11 is 3.07. The van der Waals surface area contributed by atoms with E-state index in [-0.39, 0.29) is 5.88 Å². The summed E-state index contributed by atoms with van der Waals surface area (Å²) in [7, 11) is 0. The maximum Gasteiger partial charge on any atom is 0.266 e. The number of hydrogen-bond donors (Lipinski definition) is 1. The average Bonchev–Trinajstić information content (AvgIpc) is 2.49. The molecule has 0 radical (unpaired) electrons. The lowest BCUT2D eigenvalue weighted by Gasteiger charge is -1.95. The van der Waals surface area contributed by atoms with Crippen LogP contribution in [0.4, 0.5) is 0 Å². The van der Waals surface area contributed by atoms with E-state index in [4.69, 9.17) is 5.11 Å². The lowest BCUT2D eigenvalue weighted by atomic mass is 10.3. The standard InChI is InChI=1S/C8H6BrN3O/c9-7-8(13)11-12(10-7)6-4-2-1-3-5-6/h1-5H,(H,11,13). The number of para-hydroxylation sites is 1. The molecule has 1 aromatic heterocycles. The first-order valence-electron chi connectivity index (χ1n) is 3.64. The Morgan fingerprint density at radius 2 is 1.85 bits per heavy atom. The smallest absolute Gasteiger partial charge is 0.266 e. The molecule has 0 amide bonds. The fraction of sp³-hybridized carbons (Fsp3) is 0. The first kappa shape index (κ1) is 8.25. The van der Waals surface area contributed by atoms with Crippen LogP contribution in [0.1, 0.15) is 0 Å². The van der Waals surface area contributed by atoms with Crippen LogP contribution in [0.15, 0.2) is 34.9 Å². The van der Waals surface area contributed by atoms with E-state index in [0.29, 0.717) is 4.60 Å². The molecule has 0 aliphatic rings. The van der Waals surface area contributed by atoms with Crippen LogP contribution >= 0.6 is 15.9 Å². The first-order valence-corrected chi connectivity index (χ1v) is 4.44. The summed E-state index contributed by atoms with van der Waals surface area (Å²) in [6, 6.07) is 9.37. The SMILES string of the molecule is Oc1nn(-c2ccccc2)nc1Br. The second kappa shape index (κ2) is 3.18. The summed E-state index contributed by atoms with van der Waals surface area (Å²) in [6.07, 6.45) is 0.